The van der Waals surface area contributed by atoms with Crippen molar-refractivity contribution in [3.8, 4) is 0 Å². The maximum absolute atomic E-state index is 10.9. The molecule has 0 amide bonds. The first-order valence-corrected chi connectivity index (χ1v) is 5.44. The van der Waals surface area contributed by atoms with Crippen LogP contribution in [0.3, 0.4) is 0 Å². The van der Waals surface area contributed by atoms with E-state index < -0.39 is 5.97 Å². The molecule has 0 saturated carbocycles. The van der Waals surface area contributed by atoms with E-state index in [2.05, 4.69) is 10.3 Å². The molecule has 1 aromatic heterocycles. The lowest BCUT2D eigenvalue weighted by Crippen LogP contribution is -2.15. The van der Waals surface area contributed by atoms with Gasteiger partial charge in [-0.3, -0.25) is 0 Å². The molecule has 0 bridgehead atoms. The maximum Gasteiger partial charge on any atom is 0.347 e. The number of carbonyl (C=O) groups is 1. The standard InChI is InChI=1S/C9H12N2O2S/c1-5-11-7(6-3-2-4-10-6)8(14-5)9(12)13/h6,10H,2-4H2,1H3,(H,12,13). The van der Waals surface area contributed by atoms with Gasteiger partial charge in [0.05, 0.1) is 16.7 Å². The summed E-state index contributed by atoms with van der Waals surface area (Å²) < 4.78 is 0. The van der Waals surface area contributed by atoms with Crippen LogP contribution in [0.4, 0.5) is 0 Å². The van der Waals surface area contributed by atoms with Gasteiger partial charge in [-0.2, -0.15) is 0 Å². The van der Waals surface area contributed by atoms with Crippen molar-refractivity contribution < 1.29 is 9.90 Å². The molecule has 0 aliphatic carbocycles. The molecule has 2 heterocycles. The summed E-state index contributed by atoms with van der Waals surface area (Å²) in [4.78, 5) is 15.6. The number of carboxylic acids is 1. The van der Waals surface area contributed by atoms with E-state index in [4.69, 9.17) is 5.11 Å². The molecule has 14 heavy (non-hydrogen) atoms. The van der Waals surface area contributed by atoms with Gasteiger partial charge in [0.2, 0.25) is 0 Å². The van der Waals surface area contributed by atoms with Gasteiger partial charge >= 0.3 is 5.97 Å². The molecule has 0 spiro atoms. The molecule has 2 rings (SSSR count). The highest BCUT2D eigenvalue weighted by Crippen LogP contribution is 2.28. The Kier molecular flexibility index (Phi) is 2.52. The van der Waals surface area contributed by atoms with Crippen LogP contribution in [0, 0.1) is 6.92 Å². The Bertz CT molecular complexity index is 356. The molecule has 76 valence electrons. The molecule has 0 radical (unpaired) electrons. The monoisotopic (exact) mass is 212 g/mol. The lowest BCUT2D eigenvalue weighted by atomic mass is 10.1. The molecule has 2 N–H and O–H groups in total. The molecule has 1 atom stereocenters. The van der Waals surface area contributed by atoms with Crippen molar-refractivity contribution in [1.29, 1.82) is 0 Å². The summed E-state index contributed by atoms with van der Waals surface area (Å²) in [5.74, 6) is -0.862. The fraction of sp³-hybridized carbons (Fsp3) is 0.556. The minimum absolute atomic E-state index is 0.144. The van der Waals surface area contributed by atoms with Gasteiger partial charge in [-0.05, 0) is 26.3 Å². The van der Waals surface area contributed by atoms with Crippen LogP contribution < -0.4 is 5.32 Å². The Morgan fingerprint density at radius 3 is 3.07 bits per heavy atom. The zero-order valence-electron chi connectivity index (χ0n) is 7.91. The quantitative estimate of drug-likeness (QED) is 0.781. The second-order valence-corrected chi connectivity index (χ2v) is 4.60. The van der Waals surface area contributed by atoms with E-state index in [0.29, 0.717) is 4.88 Å². The Hall–Kier alpha value is -0.940. The molecule has 1 aliphatic heterocycles. The zero-order chi connectivity index (χ0) is 10.1. The number of carboxylic acid groups (broad SMARTS) is 1. The second-order valence-electron chi connectivity index (χ2n) is 3.40. The Morgan fingerprint density at radius 2 is 2.50 bits per heavy atom. The highest BCUT2D eigenvalue weighted by molar-refractivity contribution is 7.13. The third kappa shape index (κ3) is 1.65. The summed E-state index contributed by atoms with van der Waals surface area (Å²) in [5, 5.41) is 13.1. The first-order chi connectivity index (χ1) is 6.68. The van der Waals surface area contributed by atoms with E-state index in [1.807, 2.05) is 6.92 Å². The van der Waals surface area contributed by atoms with E-state index in [-0.39, 0.29) is 6.04 Å². The second kappa shape index (κ2) is 3.67. The van der Waals surface area contributed by atoms with E-state index in [1.54, 1.807) is 0 Å². The number of rotatable bonds is 2. The molecule has 1 saturated heterocycles. The van der Waals surface area contributed by atoms with Crippen LogP contribution in [0.15, 0.2) is 0 Å². The number of nitrogens with zero attached hydrogens (tertiary/aromatic N) is 1. The fourth-order valence-corrected chi connectivity index (χ4v) is 2.57. The van der Waals surface area contributed by atoms with Gasteiger partial charge in [0.15, 0.2) is 0 Å². The smallest absolute Gasteiger partial charge is 0.347 e. The summed E-state index contributed by atoms with van der Waals surface area (Å²) >= 11 is 1.26. The summed E-state index contributed by atoms with van der Waals surface area (Å²) in [5.41, 5.74) is 0.720. The van der Waals surface area contributed by atoms with E-state index in [0.717, 1.165) is 30.1 Å². The largest absolute Gasteiger partial charge is 0.477 e. The number of hydrogen-bond acceptors (Lipinski definition) is 4. The van der Waals surface area contributed by atoms with Crippen molar-refractivity contribution in [2.45, 2.75) is 25.8 Å². The number of aromatic nitrogens is 1. The van der Waals surface area contributed by atoms with Crippen molar-refractivity contribution in [3.05, 3.63) is 15.6 Å². The average Bonchev–Trinajstić information content (AvgIpc) is 2.70. The number of aryl methyl sites for hydroxylation is 1. The van der Waals surface area contributed by atoms with Crippen molar-refractivity contribution in [2.75, 3.05) is 6.54 Å². The third-order valence-corrected chi connectivity index (χ3v) is 3.32. The van der Waals surface area contributed by atoms with Crippen molar-refractivity contribution >= 4 is 17.3 Å². The fourth-order valence-electron chi connectivity index (χ4n) is 1.75. The van der Waals surface area contributed by atoms with Crippen LogP contribution in [-0.4, -0.2) is 22.6 Å². The molecular weight excluding hydrogens is 200 g/mol. The van der Waals surface area contributed by atoms with E-state index in [1.165, 1.54) is 11.3 Å². The van der Waals surface area contributed by atoms with Crippen LogP contribution in [-0.2, 0) is 0 Å². The van der Waals surface area contributed by atoms with Gasteiger partial charge in [0.25, 0.3) is 0 Å². The van der Waals surface area contributed by atoms with Gasteiger partial charge in [-0.25, -0.2) is 9.78 Å². The van der Waals surface area contributed by atoms with Gasteiger partial charge in [0.1, 0.15) is 4.88 Å². The average molecular weight is 212 g/mol. The summed E-state index contributed by atoms with van der Waals surface area (Å²) in [6.45, 7) is 2.80. The third-order valence-electron chi connectivity index (χ3n) is 2.34. The molecule has 1 aromatic rings. The highest BCUT2D eigenvalue weighted by Gasteiger charge is 2.25. The molecule has 1 unspecified atom stereocenters. The number of thiazole rings is 1. The Morgan fingerprint density at radius 1 is 1.71 bits per heavy atom. The summed E-state index contributed by atoms with van der Waals surface area (Å²) in [7, 11) is 0. The molecule has 1 fully saturated rings. The first kappa shape index (κ1) is 9.61. The van der Waals surface area contributed by atoms with Crippen LogP contribution in [0.2, 0.25) is 0 Å². The Labute approximate surface area is 86.0 Å². The van der Waals surface area contributed by atoms with Crippen molar-refractivity contribution in [3.63, 3.8) is 0 Å². The maximum atomic E-state index is 10.9. The van der Waals surface area contributed by atoms with Gasteiger partial charge < -0.3 is 10.4 Å². The number of hydrogen-bond donors (Lipinski definition) is 2. The number of nitrogens with one attached hydrogen (secondary N) is 1. The SMILES string of the molecule is Cc1nc(C2CCCN2)c(C(=O)O)s1. The minimum atomic E-state index is -0.862. The normalized spacial score (nSPS) is 21.4. The topological polar surface area (TPSA) is 62.2 Å². The van der Waals surface area contributed by atoms with Crippen molar-refractivity contribution in [2.24, 2.45) is 0 Å². The predicted molar refractivity (Wildman–Crippen MR) is 53.8 cm³/mol. The summed E-state index contributed by atoms with van der Waals surface area (Å²) in [6.07, 6.45) is 2.09. The zero-order valence-corrected chi connectivity index (χ0v) is 8.73. The highest BCUT2D eigenvalue weighted by atomic mass is 32.1. The van der Waals surface area contributed by atoms with Crippen LogP contribution in [0.25, 0.3) is 0 Å². The van der Waals surface area contributed by atoms with Crippen LogP contribution >= 0.6 is 11.3 Å². The minimum Gasteiger partial charge on any atom is -0.477 e. The van der Waals surface area contributed by atoms with E-state index in [9.17, 15) is 4.79 Å². The van der Waals surface area contributed by atoms with E-state index >= 15 is 0 Å². The molecule has 1 aliphatic rings. The first-order valence-electron chi connectivity index (χ1n) is 4.62. The molecular formula is C9H12N2O2S. The van der Waals surface area contributed by atoms with Crippen molar-refractivity contribution in [1.82, 2.24) is 10.3 Å². The molecule has 4 nitrogen and oxygen atoms in total. The Balaban J connectivity index is 2.35. The summed E-state index contributed by atoms with van der Waals surface area (Å²) in [6, 6.07) is 0.144. The van der Waals surface area contributed by atoms with Gasteiger partial charge in [-0.15, -0.1) is 11.3 Å². The van der Waals surface area contributed by atoms with Crippen LogP contribution in [0.5, 0.6) is 0 Å². The molecule has 5 heteroatoms. The number of aromatic carboxylic acids is 1. The lowest BCUT2D eigenvalue weighted by Gasteiger charge is -2.07. The lowest BCUT2D eigenvalue weighted by molar-refractivity contribution is 0.0700. The van der Waals surface area contributed by atoms with Crippen LogP contribution in [0.1, 0.15) is 39.3 Å². The van der Waals surface area contributed by atoms with Gasteiger partial charge in [-0.1, -0.05) is 0 Å². The molecule has 0 aromatic carbocycles. The van der Waals surface area contributed by atoms with Gasteiger partial charge in [0, 0.05) is 0 Å². The predicted octanol–water partition coefficient (Wildman–Crippen LogP) is 1.57.